The molecule has 3 heterocycles. The lowest BCUT2D eigenvalue weighted by molar-refractivity contribution is -0.189. The summed E-state index contributed by atoms with van der Waals surface area (Å²) in [6.07, 6.45) is -2.66. The number of ether oxygens (including phenoxy) is 3. The number of aromatic amines is 1. The fourth-order valence-corrected chi connectivity index (χ4v) is 4.66. The van der Waals surface area contributed by atoms with Gasteiger partial charge in [0.2, 0.25) is 11.9 Å². The molecule has 210 valence electrons. The predicted octanol–water partition coefficient (Wildman–Crippen LogP) is 4.39. The molecule has 11 nitrogen and oxygen atoms in total. The van der Waals surface area contributed by atoms with E-state index >= 15 is 0 Å². The summed E-state index contributed by atoms with van der Waals surface area (Å²) in [4.78, 5) is 42.5. The first-order valence-electron chi connectivity index (χ1n) is 12.4. The number of hydrogen-bond acceptors (Lipinski definition) is 10. The maximum Gasteiger partial charge on any atom is 0.491 e. The van der Waals surface area contributed by atoms with E-state index in [9.17, 15) is 22.8 Å². The van der Waals surface area contributed by atoms with E-state index in [4.69, 9.17) is 14.2 Å². The van der Waals surface area contributed by atoms with Crippen LogP contribution in [0.15, 0.2) is 29.1 Å². The Bertz CT molecular complexity index is 1670. The summed E-state index contributed by atoms with van der Waals surface area (Å²) in [5.41, 5.74) is 0.559. The van der Waals surface area contributed by atoms with Crippen molar-refractivity contribution in [3.05, 3.63) is 40.3 Å². The van der Waals surface area contributed by atoms with E-state index in [2.05, 4.69) is 25.3 Å². The highest BCUT2D eigenvalue weighted by molar-refractivity contribution is 5.94. The number of nitrogens with one attached hydrogen (secondary N) is 2. The first kappa shape index (κ1) is 27.0. The van der Waals surface area contributed by atoms with Crippen molar-refractivity contribution < 1.29 is 32.2 Å². The Morgan fingerprint density at radius 2 is 1.70 bits per heavy atom. The van der Waals surface area contributed by atoms with Crippen LogP contribution in [0.2, 0.25) is 0 Å². The van der Waals surface area contributed by atoms with Gasteiger partial charge in [-0.3, -0.25) is 15.1 Å². The van der Waals surface area contributed by atoms with Crippen molar-refractivity contribution in [2.45, 2.75) is 32.4 Å². The minimum atomic E-state index is -5.25. The SMILES string of the molecule is COc1cc2nc(Nc3nc4ccc(N5CCCCC5)c(OC(=O)C(F)(F)F)c4c(=O)[nH]3)nc(C)c2cc1OC. The fraction of sp³-hybridized carbons (Fsp3) is 0.346. The van der Waals surface area contributed by atoms with Crippen LogP contribution in [0.4, 0.5) is 30.8 Å². The molecule has 0 radical (unpaired) electrons. The number of rotatable bonds is 6. The zero-order valence-corrected chi connectivity index (χ0v) is 21.8. The van der Waals surface area contributed by atoms with Crippen LogP contribution < -0.4 is 30.0 Å². The number of hydrogen-bond donors (Lipinski definition) is 2. The number of H-pyrrole nitrogens is 1. The minimum Gasteiger partial charge on any atom is -0.493 e. The Morgan fingerprint density at radius 1 is 1.00 bits per heavy atom. The third-order valence-electron chi connectivity index (χ3n) is 6.55. The molecule has 5 rings (SSSR count). The summed E-state index contributed by atoms with van der Waals surface area (Å²) in [5, 5.41) is 3.27. The fourth-order valence-electron chi connectivity index (χ4n) is 4.66. The third-order valence-corrected chi connectivity index (χ3v) is 6.55. The van der Waals surface area contributed by atoms with Gasteiger partial charge in [-0.2, -0.15) is 13.2 Å². The molecule has 0 amide bonds. The van der Waals surface area contributed by atoms with E-state index < -0.39 is 23.5 Å². The maximum atomic E-state index is 13.2. The van der Waals surface area contributed by atoms with Gasteiger partial charge < -0.3 is 19.1 Å². The summed E-state index contributed by atoms with van der Waals surface area (Å²) in [6.45, 7) is 2.85. The number of piperidine rings is 1. The lowest BCUT2D eigenvalue weighted by Crippen LogP contribution is -2.32. The predicted molar refractivity (Wildman–Crippen MR) is 141 cm³/mol. The molecule has 0 unspecified atom stereocenters. The van der Waals surface area contributed by atoms with Crippen molar-refractivity contribution in [3.63, 3.8) is 0 Å². The molecule has 1 fully saturated rings. The van der Waals surface area contributed by atoms with Crippen molar-refractivity contribution in [2.24, 2.45) is 0 Å². The van der Waals surface area contributed by atoms with Crippen molar-refractivity contribution in [1.29, 1.82) is 0 Å². The molecule has 0 spiro atoms. The molecule has 2 aromatic heterocycles. The molecular formula is C26H25F3N6O5. The van der Waals surface area contributed by atoms with E-state index in [0.29, 0.717) is 41.2 Å². The number of alkyl halides is 3. The number of nitrogens with zero attached hydrogens (tertiary/aromatic N) is 4. The van der Waals surface area contributed by atoms with Gasteiger partial charge in [-0.25, -0.2) is 19.7 Å². The number of anilines is 3. The van der Waals surface area contributed by atoms with E-state index in [-0.39, 0.29) is 28.5 Å². The van der Waals surface area contributed by atoms with E-state index in [0.717, 1.165) is 19.3 Å². The van der Waals surface area contributed by atoms with Crippen LogP contribution in [0.1, 0.15) is 25.0 Å². The second-order valence-corrected chi connectivity index (χ2v) is 9.14. The van der Waals surface area contributed by atoms with Gasteiger partial charge >= 0.3 is 12.1 Å². The molecule has 14 heteroatoms. The largest absolute Gasteiger partial charge is 0.493 e. The van der Waals surface area contributed by atoms with Gasteiger partial charge in [-0.1, -0.05) is 0 Å². The third kappa shape index (κ3) is 5.16. The monoisotopic (exact) mass is 558 g/mol. The van der Waals surface area contributed by atoms with Gasteiger partial charge in [-0.05, 0) is 44.4 Å². The van der Waals surface area contributed by atoms with Crippen LogP contribution in [0, 0.1) is 6.92 Å². The van der Waals surface area contributed by atoms with Crippen molar-refractivity contribution in [1.82, 2.24) is 19.9 Å². The molecule has 4 aromatic rings. The van der Waals surface area contributed by atoms with E-state index in [1.165, 1.54) is 26.4 Å². The number of benzene rings is 2. The van der Waals surface area contributed by atoms with Crippen LogP contribution in [0.25, 0.3) is 21.8 Å². The molecule has 1 aliphatic heterocycles. The quantitative estimate of drug-likeness (QED) is 0.259. The minimum absolute atomic E-state index is 0.0147. The first-order valence-corrected chi connectivity index (χ1v) is 12.4. The summed E-state index contributed by atoms with van der Waals surface area (Å²) in [6, 6.07) is 6.41. The number of esters is 1. The smallest absolute Gasteiger partial charge is 0.491 e. The van der Waals surface area contributed by atoms with Crippen LogP contribution in [-0.2, 0) is 4.79 Å². The number of carbonyl (C=O) groups is 1. The zero-order valence-electron chi connectivity index (χ0n) is 21.8. The van der Waals surface area contributed by atoms with Gasteiger partial charge in [0.25, 0.3) is 5.56 Å². The van der Waals surface area contributed by atoms with Gasteiger partial charge in [0.15, 0.2) is 17.2 Å². The average Bonchev–Trinajstić information content (AvgIpc) is 2.92. The van der Waals surface area contributed by atoms with Crippen LogP contribution in [0.5, 0.6) is 17.2 Å². The molecule has 0 atom stereocenters. The second kappa shape index (κ2) is 10.5. The zero-order chi connectivity index (χ0) is 28.6. The molecule has 0 bridgehead atoms. The van der Waals surface area contributed by atoms with Gasteiger partial charge in [0.05, 0.1) is 36.6 Å². The second-order valence-electron chi connectivity index (χ2n) is 9.14. The molecule has 2 N–H and O–H groups in total. The standard InChI is InChI=1S/C26H25F3N6O5/c1-13-14-11-18(38-2)19(39-3)12-16(14)32-24(30-13)34-25-31-15-7-8-17(35-9-5-4-6-10-35)21(20(15)22(36)33-25)40-23(37)26(27,28)29/h7-8,11-12H,4-6,9-10H2,1-3H3,(H2,30,31,32,33,34,36). The molecular weight excluding hydrogens is 533 g/mol. The first-order chi connectivity index (χ1) is 19.1. The van der Waals surface area contributed by atoms with Gasteiger partial charge in [0, 0.05) is 24.5 Å². The number of carbonyl (C=O) groups excluding carboxylic acids is 1. The lowest BCUT2D eigenvalue weighted by Gasteiger charge is -2.30. The molecule has 1 saturated heterocycles. The molecule has 1 aliphatic rings. The highest BCUT2D eigenvalue weighted by atomic mass is 19.4. The highest BCUT2D eigenvalue weighted by Crippen LogP contribution is 2.37. The Morgan fingerprint density at radius 3 is 2.38 bits per heavy atom. The number of halogens is 3. The lowest BCUT2D eigenvalue weighted by atomic mass is 10.1. The Hall–Kier alpha value is -4.62. The van der Waals surface area contributed by atoms with E-state index in [1.54, 1.807) is 24.0 Å². The maximum absolute atomic E-state index is 13.2. The van der Waals surface area contributed by atoms with Crippen molar-refractivity contribution in [3.8, 4) is 17.2 Å². The number of methoxy groups -OCH3 is 2. The number of aromatic nitrogens is 4. The van der Waals surface area contributed by atoms with Crippen LogP contribution in [0.3, 0.4) is 0 Å². The summed E-state index contributed by atoms with van der Waals surface area (Å²) in [5.74, 6) is -1.90. The van der Waals surface area contributed by atoms with Crippen LogP contribution >= 0.6 is 0 Å². The topological polar surface area (TPSA) is 132 Å². The van der Waals surface area contributed by atoms with Gasteiger partial charge in [-0.15, -0.1) is 0 Å². The Kier molecular flexibility index (Phi) is 7.08. The number of aryl methyl sites for hydroxylation is 1. The highest BCUT2D eigenvalue weighted by Gasteiger charge is 2.42. The van der Waals surface area contributed by atoms with Gasteiger partial charge in [0.1, 0.15) is 5.39 Å². The Labute approximate surface area is 225 Å². The number of fused-ring (bicyclic) bond motifs is 2. The normalized spacial score (nSPS) is 13.9. The molecule has 0 saturated carbocycles. The summed E-state index contributed by atoms with van der Waals surface area (Å²) in [7, 11) is 3.01. The Balaban J connectivity index is 1.57. The molecule has 2 aromatic carbocycles. The van der Waals surface area contributed by atoms with Crippen LogP contribution in [-0.4, -0.2) is 59.4 Å². The average molecular weight is 559 g/mol. The van der Waals surface area contributed by atoms with Crippen molar-refractivity contribution in [2.75, 3.05) is 37.5 Å². The summed E-state index contributed by atoms with van der Waals surface area (Å²) >= 11 is 0. The summed E-state index contributed by atoms with van der Waals surface area (Å²) < 4.78 is 54.8. The molecule has 40 heavy (non-hydrogen) atoms. The van der Waals surface area contributed by atoms with E-state index in [1.807, 2.05) is 0 Å². The van der Waals surface area contributed by atoms with Crippen molar-refractivity contribution >= 4 is 45.4 Å². The molecule has 0 aliphatic carbocycles.